The van der Waals surface area contributed by atoms with Crippen LogP contribution >= 0.6 is 0 Å². The first-order valence-electron chi connectivity index (χ1n) is 7.19. The van der Waals surface area contributed by atoms with E-state index in [2.05, 4.69) is 4.98 Å². The maximum Gasteiger partial charge on any atom is 0.326 e. The van der Waals surface area contributed by atoms with E-state index in [1.165, 1.54) is 11.3 Å². The van der Waals surface area contributed by atoms with E-state index in [0.29, 0.717) is 24.3 Å². The molecule has 1 aromatic heterocycles. The van der Waals surface area contributed by atoms with Gasteiger partial charge in [-0.1, -0.05) is 12.1 Å². The van der Waals surface area contributed by atoms with Crippen LogP contribution in [0.4, 0.5) is 0 Å². The van der Waals surface area contributed by atoms with Gasteiger partial charge in [0.25, 0.3) is 5.91 Å². The van der Waals surface area contributed by atoms with Gasteiger partial charge in [-0.3, -0.25) is 4.79 Å². The van der Waals surface area contributed by atoms with Crippen LogP contribution in [0.1, 0.15) is 29.6 Å². The quantitative estimate of drug-likeness (QED) is 0.941. The molecule has 0 spiro atoms. The number of rotatable bonds is 3. The molecule has 0 bridgehead atoms. The summed E-state index contributed by atoms with van der Waals surface area (Å²) < 4.78 is 5.20. The first-order valence-corrected chi connectivity index (χ1v) is 7.19. The summed E-state index contributed by atoms with van der Waals surface area (Å²) in [4.78, 5) is 29.1. The standard InChI is InChI=1S/C16H16N2O4/c19-15(18-8-2-1-3-13(18)16(20)21)12-6-4-11(5-7-12)14-9-17-10-22-14/h4-7,9-10,13H,1-3,8H2,(H,20,21). The number of oxazole rings is 1. The van der Waals surface area contributed by atoms with Gasteiger partial charge in [0.15, 0.2) is 12.2 Å². The molecule has 1 amide bonds. The van der Waals surface area contributed by atoms with E-state index >= 15 is 0 Å². The molecule has 1 aromatic carbocycles. The number of carboxylic acid groups (broad SMARTS) is 1. The zero-order chi connectivity index (χ0) is 15.5. The summed E-state index contributed by atoms with van der Waals surface area (Å²) >= 11 is 0. The topological polar surface area (TPSA) is 83.6 Å². The SMILES string of the molecule is O=C(O)C1CCCCN1C(=O)c1ccc(-c2cnco2)cc1. The van der Waals surface area contributed by atoms with Crippen LogP contribution in [-0.4, -0.2) is 39.5 Å². The number of hydrogen-bond donors (Lipinski definition) is 1. The third kappa shape index (κ3) is 2.72. The van der Waals surface area contributed by atoms with Gasteiger partial charge in [-0.15, -0.1) is 0 Å². The summed E-state index contributed by atoms with van der Waals surface area (Å²) in [6.45, 7) is 0.486. The fraction of sp³-hybridized carbons (Fsp3) is 0.312. The van der Waals surface area contributed by atoms with Crippen LogP contribution in [0.25, 0.3) is 11.3 Å². The molecule has 1 atom stereocenters. The van der Waals surface area contributed by atoms with Gasteiger partial charge in [0.05, 0.1) is 6.20 Å². The normalized spacial score (nSPS) is 18.2. The number of piperidine rings is 1. The lowest BCUT2D eigenvalue weighted by Crippen LogP contribution is -2.47. The number of carbonyl (C=O) groups excluding carboxylic acids is 1. The molecule has 1 aliphatic rings. The van der Waals surface area contributed by atoms with Crippen LogP contribution < -0.4 is 0 Å². The molecule has 0 radical (unpaired) electrons. The predicted octanol–water partition coefficient (Wildman–Crippen LogP) is 2.42. The average Bonchev–Trinajstić information content (AvgIpc) is 3.09. The number of likely N-dealkylation sites (tertiary alicyclic amines) is 1. The summed E-state index contributed by atoms with van der Waals surface area (Å²) in [6, 6.07) is 6.19. The fourth-order valence-corrected chi connectivity index (χ4v) is 2.73. The van der Waals surface area contributed by atoms with Gasteiger partial charge in [-0.2, -0.15) is 0 Å². The van der Waals surface area contributed by atoms with Crippen molar-refractivity contribution < 1.29 is 19.1 Å². The van der Waals surface area contributed by atoms with Crippen LogP contribution in [0.3, 0.4) is 0 Å². The van der Waals surface area contributed by atoms with E-state index in [1.807, 2.05) is 0 Å². The number of aromatic nitrogens is 1. The van der Waals surface area contributed by atoms with Crippen LogP contribution in [-0.2, 0) is 4.79 Å². The van der Waals surface area contributed by atoms with E-state index in [1.54, 1.807) is 30.5 Å². The lowest BCUT2D eigenvalue weighted by atomic mass is 10.0. The third-order valence-electron chi connectivity index (χ3n) is 3.90. The lowest BCUT2D eigenvalue weighted by Gasteiger charge is -2.33. The smallest absolute Gasteiger partial charge is 0.326 e. The van der Waals surface area contributed by atoms with Crippen molar-refractivity contribution in [2.45, 2.75) is 25.3 Å². The fourth-order valence-electron chi connectivity index (χ4n) is 2.73. The number of carbonyl (C=O) groups is 2. The highest BCUT2D eigenvalue weighted by Crippen LogP contribution is 2.22. The Balaban J connectivity index is 1.81. The Morgan fingerprint density at radius 2 is 2.00 bits per heavy atom. The lowest BCUT2D eigenvalue weighted by molar-refractivity contribution is -0.143. The monoisotopic (exact) mass is 300 g/mol. The minimum absolute atomic E-state index is 0.240. The van der Waals surface area contributed by atoms with Gasteiger partial charge in [0, 0.05) is 17.7 Å². The second-order valence-electron chi connectivity index (χ2n) is 5.29. The number of aliphatic carboxylic acids is 1. The maximum atomic E-state index is 12.5. The molecule has 6 heteroatoms. The highest BCUT2D eigenvalue weighted by molar-refractivity contribution is 5.97. The second kappa shape index (κ2) is 6.01. The van der Waals surface area contributed by atoms with E-state index in [9.17, 15) is 14.7 Å². The Morgan fingerprint density at radius 3 is 2.64 bits per heavy atom. The summed E-state index contributed by atoms with van der Waals surface area (Å²) in [7, 11) is 0. The summed E-state index contributed by atoms with van der Waals surface area (Å²) in [6.07, 6.45) is 5.13. The summed E-state index contributed by atoms with van der Waals surface area (Å²) in [5.74, 6) is -0.553. The Hall–Kier alpha value is -2.63. The first-order chi connectivity index (χ1) is 10.7. The maximum absolute atomic E-state index is 12.5. The number of carboxylic acids is 1. The molecule has 114 valence electrons. The molecule has 2 aromatic rings. The Morgan fingerprint density at radius 1 is 1.23 bits per heavy atom. The van der Waals surface area contributed by atoms with Crippen molar-refractivity contribution in [2.24, 2.45) is 0 Å². The second-order valence-corrected chi connectivity index (χ2v) is 5.29. The molecule has 2 heterocycles. The number of nitrogens with zero attached hydrogens (tertiary/aromatic N) is 2. The molecular weight excluding hydrogens is 284 g/mol. The van der Waals surface area contributed by atoms with E-state index < -0.39 is 12.0 Å². The molecule has 1 aliphatic heterocycles. The van der Waals surface area contributed by atoms with Gasteiger partial charge in [-0.25, -0.2) is 9.78 Å². The van der Waals surface area contributed by atoms with Crippen molar-refractivity contribution in [1.29, 1.82) is 0 Å². The molecule has 1 fully saturated rings. The van der Waals surface area contributed by atoms with Gasteiger partial charge < -0.3 is 14.4 Å². The van der Waals surface area contributed by atoms with Crippen molar-refractivity contribution in [3.05, 3.63) is 42.4 Å². The minimum Gasteiger partial charge on any atom is -0.480 e. The third-order valence-corrected chi connectivity index (χ3v) is 3.90. The van der Waals surface area contributed by atoms with E-state index in [0.717, 1.165) is 18.4 Å². The number of benzene rings is 1. The average molecular weight is 300 g/mol. The molecule has 3 rings (SSSR count). The molecule has 6 nitrogen and oxygen atoms in total. The van der Waals surface area contributed by atoms with Crippen molar-refractivity contribution in [2.75, 3.05) is 6.54 Å². The van der Waals surface area contributed by atoms with Crippen molar-refractivity contribution in [3.63, 3.8) is 0 Å². The van der Waals surface area contributed by atoms with Gasteiger partial charge >= 0.3 is 5.97 Å². The Labute approximate surface area is 127 Å². The van der Waals surface area contributed by atoms with Crippen LogP contribution in [0, 0.1) is 0 Å². The number of hydrogen-bond acceptors (Lipinski definition) is 4. The Bertz CT molecular complexity index is 664. The van der Waals surface area contributed by atoms with Gasteiger partial charge in [0.1, 0.15) is 6.04 Å². The predicted molar refractivity (Wildman–Crippen MR) is 78.3 cm³/mol. The molecular formula is C16H16N2O4. The summed E-state index contributed by atoms with van der Waals surface area (Å²) in [5.41, 5.74) is 1.30. The summed E-state index contributed by atoms with van der Waals surface area (Å²) in [5, 5.41) is 9.26. The molecule has 0 saturated carbocycles. The highest BCUT2D eigenvalue weighted by Gasteiger charge is 2.32. The van der Waals surface area contributed by atoms with Gasteiger partial charge in [-0.05, 0) is 31.4 Å². The first kappa shape index (κ1) is 14.3. The van der Waals surface area contributed by atoms with Crippen molar-refractivity contribution in [3.8, 4) is 11.3 Å². The minimum atomic E-state index is -0.939. The Kier molecular flexibility index (Phi) is 3.91. The zero-order valence-corrected chi connectivity index (χ0v) is 11.9. The molecule has 1 unspecified atom stereocenters. The highest BCUT2D eigenvalue weighted by atomic mass is 16.4. The molecule has 22 heavy (non-hydrogen) atoms. The van der Waals surface area contributed by atoms with E-state index in [4.69, 9.17) is 4.42 Å². The molecule has 1 saturated heterocycles. The zero-order valence-electron chi connectivity index (χ0n) is 11.9. The molecule has 0 aliphatic carbocycles. The van der Waals surface area contributed by atoms with Crippen LogP contribution in [0.5, 0.6) is 0 Å². The molecule has 1 N–H and O–H groups in total. The van der Waals surface area contributed by atoms with Crippen LogP contribution in [0.15, 0.2) is 41.3 Å². The van der Waals surface area contributed by atoms with Crippen molar-refractivity contribution in [1.82, 2.24) is 9.88 Å². The van der Waals surface area contributed by atoms with Crippen molar-refractivity contribution >= 4 is 11.9 Å². The van der Waals surface area contributed by atoms with Gasteiger partial charge in [0.2, 0.25) is 0 Å². The van der Waals surface area contributed by atoms with Crippen LogP contribution in [0.2, 0.25) is 0 Å². The van der Waals surface area contributed by atoms with E-state index in [-0.39, 0.29) is 5.91 Å². The number of amides is 1. The largest absolute Gasteiger partial charge is 0.480 e.